The number of urea groups is 2. The maximum absolute atomic E-state index is 13.8. The number of primary amides is 1. The Morgan fingerprint density at radius 3 is 2.70 bits per heavy atom. The van der Waals surface area contributed by atoms with Gasteiger partial charge >= 0.3 is 12.1 Å². The molecule has 13 nitrogen and oxygen atoms in total. The second-order valence-corrected chi connectivity index (χ2v) is 12.1. The van der Waals surface area contributed by atoms with E-state index in [2.05, 4.69) is 10.3 Å². The lowest BCUT2D eigenvalue weighted by Crippen LogP contribution is -2.55. The number of hydrogen-bond acceptors (Lipinski definition) is 9. The molecule has 4 unspecified atom stereocenters. The van der Waals surface area contributed by atoms with Crippen LogP contribution in [-0.2, 0) is 9.59 Å². The molecule has 1 saturated carbocycles. The molecule has 3 aromatic rings. The van der Waals surface area contributed by atoms with Crippen LogP contribution in [0.5, 0.6) is 11.6 Å². The van der Waals surface area contributed by atoms with Crippen LogP contribution in [0.25, 0.3) is 22.4 Å². The molecule has 1 aromatic carbocycles. The summed E-state index contributed by atoms with van der Waals surface area (Å²) in [6.45, 7) is 3.86. The van der Waals surface area contributed by atoms with Crippen molar-refractivity contribution in [1.82, 2.24) is 30.1 Å². The number of aromatic nitrogens is 3. The monoisotopic (exact) mass is 627 g/mol. The number of aryl methyl sites for hydroxylation is 2. The number of aldehydes is 1. The molecule has 4 heterocycles. The fraction of sp³-hybridized carbons (Fsp3) is 0.424. The van der Waals surface area contributed by atoms with Gasteiger partial charge in [0.2, 0.25) is 11.8 Å². The highest BCUT2D eigenvalue weighted by Crippen LogP contribution is 2.43. The predicted octanol–water partition coefficient (Wildman–Crippen LogP) is 3.45. The number of imide groups is 1. The van der Waals surface area contributed by atoms with Crippen molar-refractivity contribution in [3.63, 3.8) is 0 Å². The molecule has 46 heavy (non-hydrogen) atoms. The van der Waals surface area contributed by atoms with Crippen LogP contribution in [0.3, 0.4) is 0 Å². The number of methoxy groups -OCH3 is 1. The molecule has 0 bridgehead atoms. The molecule has 4 atom stereocenters. The second kappa shape index (κ2) is 12.4. The lowest BCUT2D eigenvalue weighted by Gasteiger charge is -2.29. The van der Waals surface area contributed by atoms with Gasteiger partial charge in [0, 0.05) is 30.1 Å². The van der Waals surface area contributed by atoms with Crippen LogP contribution in [-0.4, -0.2) is 86.9 Å². The fourth-order valence-corrected chi connectivity index (χ4v) is 6.29. The molecule has 2 aliphatic heterocycles. The van der Waals surface area contributed by atoms with E-state index < -0.39 is 35.7 Å². The van der Waals surface area contributed by atoms with Crippen LogP contribution in [0, 0.1) is 19.8 Å². The molecule has 5 amide bonds. The van der Waals surface area contributed by atoms with E-state index in [0.29, 0.717) is 47.4 Å². The number of fused-ring (bicyclic) bond motifs is 3. The van der Waals surface area contributed by atoms with E-state index in [-0.39, 0.29) is 31.3 Å². The smallest absolute Gasteiger partial charge is 0.328 e. The molecule has 0 spiro atoms. The highest BCUT2D eigenvalue weighted by Gasteiger charge is 2.56. The van der Waals surface area contributed by atoms with Crippen LogP contribution in [0.1, 0.15) is 43.4 Å². The number of allylic oxidation sites excluding steroid dienone is 1. The number of nitrogens with two attached hydrogens (primary N) is 1. The van der Waals surface area contributed by atoms with Gasteiger partial charge in [0.15, 0.2) is 5.82 Å². The lowest BCUT2D eigenvalue weighted by molar-refractivity contribution is -0.128. The number of carbonyl (C=O) groups excluding carboxylic acids is 4. The van der Waals surface area contributed by atoms with E-state index in [1.54, 1.807) is 19.2 Å². The Morgan fingerprint density at radius 1 is 1.13 bits per heavy atom. The Morgan fingerprint density at radius 2 is 1.96 bits per heavy atom. The minimum atomic E-state index is -1.02. The average molecular weight is 628 g/mol. The Bertz CT molecular complexity index is 1740. The molecule has 2 aromatic heterocycles. The third kappa shape index (κ3) is 5.84. The zero-order valence-electron chi connectivity index (χ0n) is 26.1. The van der Waals surface area contributed by atoms with Crippen molar-refractivity contribution < 1.29 is 28.7 Å². The molecule has 1 saturated heterocycles. The molecule has 2 fully saturated rings. The number of ether oxygens (including phenoxy) is 2. The maximum atomic E-state index is 13.8. The number of rotatable bonds is 5. The number of hydrogen-bond donors (Lipinski definition) is 2. The standard InChI is InChI=1S/C33H37N7O6/c1-19-9-8-11-24(35-19)28-36-27-20(2)26(45-3)13-12-23(27)30(37-28)46-22-15-25-29(42)38-33(18-41)16-21(33)10-6-4-5-7-14-39(31(34)43)32(44)40(25)17-22/h6,8-13,18,21-22,25H,4-5,7,14-17H2,1-3H3,(H2,34,43)(H,38,42)/b10-6+. The Labute approximate surface area is 266 Å². The number of carbonyl (C=O) groups is 4. The second-order valence-electron chi connectivity index (χ2n) is 12.1. The van der Waals surface area contributed by atoms with Crippen molar-refractivity contribution in [1.29, 1.82) is 0 Å². The largest absolute Gasteiger partial charge is 0.496 e. The molecular weight excluding hydrogens is 590 g/mol. The van der Waals surface area contributed by atoms with Gasteiger partial charge in [0.1, 0.15) is 35.4 Å². The van der Waals surface area contributed by atoms with Crippen molar-refractivity contribution in [3.05, 3.63) is 53.7 Å². The summed E-state index contributed by atoms with van der Waals surface area (Å²) in [6, 6.07) is 6.56. The van der Waals surface area contributed by atoms with Gasteiger partial charge in [-0.15, -0.1) is 0 Å². The number of amides is 5. The molecule has 6 rings (SSSR count). The van der Waals surface area contributed by atoms with Crippen molar-refractivity contribution in [2.45, 2.75) is 63.6 Å². The van der Waals surface area contributed by atoms with Gasteiger partial charge in [-0.25, -0.2) is 24.5 Å². The lowest BCUT2D eigenvalue weighted by atomic mass is 10.1. The van der Waals surface area contributed by atoms with Gasteiger partial charge in [-0.2, -0.15) is 4.98 Å². The first-order valence-electron chi connectivity index (χ1n) is 15.4. The summed E-state index contributed by atoms with van der Waals surface area (Å²) in [7, 11) is 1.58. The van der Waals surface area contributed by atoms with Crippen molar-refractivity contribution in [2.75, 3.05) is 20.2 Å². The summed E-state index contributed by atoms with van der Waals surface area (Å²) >= 11 is 0. The van der Waals surface area contributed by atoms with Crippen LogP contribution in [0.4, 0.5) is 9.59 Å². The molecular formula is C33H37N7O6. The summed E-state index contributed by atoms with van der Waals surface area (Å²) in [4.78, 5) is 68.5. The summed E-state index contributed by atoms with van der Waals surface area (Å²) < 4.78 is 12.0. The Kier molecular flexibility index (Phi) is 8.32. The maximum Gasteiger partial charge on any atom is 0.328 e. The van der Waals surface area contributed by atoms with E-state index in [1.807, 2.05) is 44.2 Å². The summed E-state index contributed by atoms with van der Waals surface area (Å²) in [6.07, 6.45) is 6.55. The first kappa shape index (κ1) is 30.9. The first-order valence-corrected chi connectivity index (χ1v) is 15.4. The number of benzene rings is 1. The minimum Gasteiger partial charge on any atom is -0.496 e. The highest BCUT2D eigenvalue weighted by atomic mass is 16.5. The van der Waals surface area contributed by atoms with Gasteiger partial charge < -0.3 is 30.2 Å². The van der Waals surface area contributed by atoms with Gasteiger partial charge in [-0.1, -0.05) is 18.2 Å². The van der Waals surface area contributed by atoms with E-state index in [0.717, 1.165) is 28.9 Å². The Balaban J connectivity index is 1.37. The first-order chi connectivity index (χ1) is 22.1. The van der Waals surface area contributed by atoms with Crippen LogP contribution in [0.15, 0.2) is 42.5 Å². The zero-order valence-corrected chi connectivity index (χ0v) is 26.1. The average Bonchev–Trinajstić information content (AvgIpc) is 3.55. The summed E-state index contributed by atoms with van der Waals surface area (Å²) in [5.74, 6) is 0.623. The van der Waals surface area contributed by atoms with E-state index in [4.69, 9.17) is 25.2 Å². The zero-order chi connectivity index (χ0) is 32.6. The van der Waals surface area contributed by atoms with Crippen LogP contribution < -0.4 is 20.5 Å². The van der Waals surface area contributed by atoms with Gasteiger partial charge in [-0.05, 0) is 63.8 Å². The third-order valence-electron chi connectivity index (χ3n) is 8.96. The van der Waals surface area contributed by atoms with Crippen molar-refractivity contribution in [3.8, 4) is 23.1 Å². The molecule has 3 aliphatic rings. The number of nitrogens with zero attached hydrogens (tertiary/aromatic N) is 5. The highest BCUT2D eigenvalue weighted by molar-refractivity contribution is 5.97. The summed E-state index contributed by atoms with van der Waals surface area (Å²) in [5.41, 5.74) is 7.34. The molecule has 13 heteroatoms. The number of nitrogens with one attached hydrogen (secondary N) is 1. The quantitative estimate of drug-likeness (QED) is 0.318. The predicted molar refractivity (Wildman–Crippen MR) is 168 cm³/mol. The third-order valence-corrected chi connectivity index (χ3v) is 8.96. The topological polar surface area (TPSA) is 170 Å². The number of pyridine rings is 1. The van der Waals surface area contributed by atoms with Gasteiger partial charge in [0.25, 0.3) is 0 Å². The molecule has 0 radical (unpaired) electrons. The van der Waals surface area contributed by atoms with Crippen LogP contribution in [0.2, 0.25) is 0 Å². The van der Waals surface area contributed by atoms with Crippen LogP contribution >= 0.6 is 0 Å². The Hall–Kier alpha value is -5.07. The van der Waals surface area contributed by atoms with E-state index in [9.17, 15) is 19.2 Å². The van der Waals surface area contributed by atoms with Crippen molar-refractivity contribution in [2.24, 2.45) is 11.7 Å². The molecule has 3 N–H and O–H groups in total. The summed E-state index contributed by atoms with van der Waals surface area (Å²) in [5, 5.41) is 3.50. The van der Waals surface area contributed by atoms with Crippen molar-refractivity contribution >= 4 is 35.2 Å². The van der Waals surface area contributed by atoms with Gasteiger partial charge in [0.05, 0.1) is 24.6 Å². The van der Waals surface area contributed by atoms with E-state index in [1.165, 1.54) is 4.90 Å². The van der Waals surface area contributed by atoms with E-state index >= 15 is 0 Å². The van der Waals surface area contributed by atoms with Gasteiger partial charge in [-0.3, -0.25) is 4.79 Å². The normalized spacial score (nSPS) is 25.6. The fourth-order valence-electron chi connectivity index (χ4n) is 6.29. The SMILES string of the molecule is COc1ccc2c(OC3CC4C(=O)NC5(C=O)CC5/C=C/CCCCN(C(N)=O)C(=O)N4C3)nc(-c3cccc(C)n3)nc2c1C. The molecule has 1 aliphatic carbocycles. The molecule has 240 valence electrons. The minimum absolute atomic E-state index is 0.0171.